The number of thiophene rings is 1. The number of carbonyl (C=O) groups excluding carboxylic acids is 1. The SMILES string of the molecule is CN(Cc1ccsc1C(=O)NN)CC(F)(F)F. The first-order valence-corrected chi connectivity index (χ1v) is 5.54. The fraction of sp³-hybridized carbons (Fsp3) is 0.444. The van der Waals surface area contributed by atoms with E-state index >= 15 is 0 Å². The Morgan fingerprint density at radius 2 is 2.24 bits per heavy atom. The normalized spacial score (nSPS) is 11.9. The van der Waals surface area contributed by atoms with Gasteiger partial charge in [-0.05, 0) is 24.1 Å². The number of nitrogen functional groups attached to an aromatic ring is 1. The smallest absolute Gasteiger partial charge is 0.294 e. The zero-order valence-electron chi connectivity index (χ0n) is 9.04. The third-order valence-electron chi connectivity index (χ3n) is 1.97. The van der Waals surface area contributed by atoms with Crippen LogP contribution in [0.4, 0.5) is 13.2 Å². The lowest BCUT2D eigenvalue weighted by atomic mass is 10.2. The molecule has 1 aromatic rings. The minimum absolute atomic E-state index is 0.0474. The minimum atomic E-state index is -4.25. The quantitative estimate of drug-likeness (QED) is 0.492. The van der Waals surface area contributed by atoms with Crippen molar-refractivity contribution in [3.8, 4) is 0 Å². The van der Waals surface area contributed by atoms with Crippen LogP contribution in [0.3, 0.4) is 0 Å². The summed E-state index contributed by atoms with van der Waals surface area (Å²) in [5.41, 5.74) is 2.49. The number of nitrogens with zero attached hydrogens (tertiary/aromatic N) is 1. The fourth-order valence-corrected chi connectivity index (χ4v) is 2.20. The zero-order valence-corrected chi connectivity index (χ0v) is 9.86. The predicted molar refractivity (Wildman–Crippen MR) is 58.4 cm³/mol. The lowest BCUT2D eigenvalue weighted by Gasteiger charge is -2.18. The third kappa shape index (κ3) is 4.33. The topological polar surface area (TPSA) is 58.4 Å². The highest BCUT2D eigenvalue weighted by Gasteiger charge is 2.29. The molecule has 0 aromatic carbocycles. The molecular formula is C9H12F3N3OS. The van der Waals surface area contributed by atoms with E-state index in [0.29, 0.717) is 10.4 Å². The molecule has 0 aliphatic rings. The first-order chi connectivity index (χ1) is 7.83. The number of hydrazine groups is 1. The van der Waals surface area contributed by atoms with E-state index in [1.165, 1.54) is 7.05 Å². The van der Waals surface area contributed by atoms with Crippen molar-refractivity contribution >= 4 is 17.2 Å². The molecule has 4 nitrogen and oxygen atoms in total. The lowest BCUT2D eigenvalue weighted by Crippen LogP contribution is -2.32. The average Bonchev–Trinajstić information content (AvgIpc) is 2.61. The van der Waals surface area contributed by atoms with Crippen molar-refractivity contribution in [2.24, 2.45) is 5.84 Å². The maximum atomic E-state index is 12.1. The van der Waals surface area contributed by atoms with E-state index in [9.17, 15) is 18.0 Å². The Labute approximate surface area is 100 Å². The molecule has 0 aliphatic heterocycles. The van der Waals surface area contributed by atoms with Gasteiger partial charge in [-0.1, -0.05) is 0 Å². The average molecular weight is 267 g/mol. The molecule has 0 atom stereocenters. The van der Waals surface area contributed by atoms with Gasteiger partial charge in [-0.2, -0.15) is 13.2 Å². The summed E-state index contributed by atoms with van der Waals surface area (Å²) in [5, 5.41) is 1.64. The third-order valence-corrected chi connectivity index (χ3v) is 2.93. The van der Waals surface area contributed by atoms with Crippen LogP contribution in [-0.4, -0.2) is 30.6 Å². The molecule has 96 valence electrons. The van der Waals surface area contributed by atoms with Crippen LogP contribution < -0.4 is 11.3 Å². The lowest BCUT2D eigenvalue weighted by molar-refractivity contribution is -0.144. The molecule has 0 aliphatic carbocycles. The van der Waals surface area contributed by atoms with Gasteiger partial charge in [-0.15, -0.1) is 11.3 Å². The standard InChI is InChI=1S/C9H12F3N3OS/c1-15(5-9(10,11)12)4-6-2-3-17-7(6)8(16)14-13/h2-3H,4-5,13H2,1H3,(H,14,16). The Kier molecular flexibility index (Phi) is 4.49. The second-order valence-corrected chi connectivity index (χ2v) is 4.45. The van der Waals surface area contributed by atoms with E-state index in [4.69, 9.17) is 5.84 Å². The number of hydrogen-bond acceptors (Lipinski definition) is 4. The van der Waals surface area contributed by atoms with E-state index in [0.717, 1.165) is 16.2 Å². The molecule has 1 amide bonds. The summed E-state index contributed by atoms with van der Waals surface area (Å²) in [4.78, 5) is 12.7. The van der Waals surface area contributed by atoms with Crippen molar-refractivity contribution in [1.29, 1.82) is 0 Å². The van der Waals surface area contributed by atoms with E-state index in [-0.39, 0.29) is 6.54 Å². The highest BCUT2D eigenvalue weighted by Crippen LogP contribution is 2.21. The summed E-state index contributed by atoms with van der Waals surface area (Å²) in [7, 11) is 1.34. The number of nitrogens with one attached hydrogen (secondary N) is 1. The van der Waals surface area contributed by atoms with Crippen molar-refractivity contribution in [3.63, 3.8) is 0 Å². The van der Waals surface area contributed by atoms with Crippen LogP contribution in [0.1, 0.15) is 15.2 Å². The van der Waals surface area contributed by atoms with Gasteiger partial charge in [0.1, 0.15) is 0 Å². The molecule has 8 heteroatoms. The van der Waals surface area contributed by atoms with Gasteiger partial charge in [0.15, 0.2) is 0 Å². The van der Waals surface area contributed by atoms with E-state index in [2.05, 4.69) is 0 Å². The van der Waals surface area contributed by atoms with Crippen LogP contribution >= 0.6 is 11.3 Å². The van der Waals surface area contributed by atoms with Gasteiger partial charge in [0.25, 0.3) is 5.91 Å². The summed E-state index contributed by atoms with van der Waals surface area (Å²) < 4.78 is 36.4. The minimum Gasteiger partial charge on any atom is -0.294 e. The maximum Gasteiger partial charge on any atom is 0.401 e. The first-order valence-electron chi connectivity index (χ1n) is 4.66. The molecule has 1 rings (SSSR count). The number of hydrogen-bond donors (Lipinski definition) is 2. The number of rotatable bonds is 4. The van der Waals surface area contributed by atoms with Crippen molar-refractivity contribution in [1.82, 2.24) is 10.3 Å². The van der Waals surface area contributed by atoms with Crippen LogP contribution in [0.2, 0.25) is 0 Å². The van der Waals surface area contributed by atoms with E-state index in [1.807, 2.05) is 5.43 Å². The van der Waals surface area contributed by atoms with Gasteiger partial charge in [0.2, 0.25) is 0 Å². The number of halogens is 3. The van der Waals surface area contributed by atoms with E-state index in [1.54, 1.807) is 11.4 Å². The van der Waals surface area contributed by atoms with Gasteiger partial charge in [0, 0.05) is 6.54 Å². The van der Waals surface area contributed by atoms with E-state index < -0.39 is 18.6 Å². The Morgan fingerprint density at radius 1 is 1.59 bits per heavy atom. The van der Waals surface area contributed by atoms with Crippen LogP contribution in [0, 0.1) is 0 Å². The van der Waals surface area contributed by atoms with Crippen LogP contribution in [0.25, 0.3) is 0 Å². The Hall–Kier alpha value is -1.12. The van der Waals surface area contributed by atoms with Gasteiger partial charge in [0.05, 0.1) is 11.4 Å². The zero-order chi connectivity index (χ0) is 13.1. The molecule has 0 saturated heterocycles. The molecule has 0 spiro atoms. The summed E-state index contributed by atoms with van der Waals surface area (Å²) in [6.45, 7) is -0.974. The van der Waals surface area contributed by atoms with Crippen molar-refractivity contribution in [2.45, 2.75) is 12.7 Å². The molecule has 1 heterocycles. The number of amides is 1. The Morgan fingerprint density at radius 3 is 2.76 bits per heavy atom. The molecule has 3 N–H and O–H groups in total. The Bertz CT molecular complexity index is 391. The van der Waals surface area contributed by atoms with Crippen molar-refractivity contribution in [2.75, 3.05) is 13.6 Å². The molecule has 17 heavy (non-hydrogen) atoms. The van der Waals surface area contributed by atoms with Gasteiger partial charge < -0.3 is 0 Å². The van der Waals surface area contributed by atoms with Crippen LogP contribution in [0.5, 0.6) is 0 Å². The monoisotopic (exact) mass is 267 g/mol. The molecule has 0 fully saturated rings. The highest BCUT2D eigenvalue weighted by atomic mass is 32.1. The van der Waals surface area contributed by atoms with Crippen molar-refractivity contribution in [3.05, 3.63) is 21.9 Å². The van der Waals surface area contributed by atoms with Gasteiger partial charge >= 0.3 is 6.18 Å². The number of alkyl halides is 3. The molecule has 0 saturated carbocycles. The largest absolute Gasteiger partial charge is 0.401 e. The number of nitrogens with two attached hydrogens (primary N) is 1. The molecule has 0 bridgehead atoms. The maximum absolute atomic E-state index is 12.1. The summed E-state index contributed by atoms with van der Waals surface area (Å²) in [6.07, 6.45) is -4.25. The van der Waals surface area contributed by atoms with Gasteiger partial charge in [-0.3, -0.25) is 15.1 Å². The van der Waals surface area contributed by atoms with Crippen LogP contribution in [0.15, 0.2) is 11.4 Å². The summed E-state index contributed by atoms with van der Waals surface area (Å²) in [5.74, 6) is 4.49. The van der Waals surface area contributed by atoms with Crippen LogP contribution in [-0.2, 0) is 6.54 Å². The fourth-order valence-electron chi connectivity index (χ4n) is 1.38. The van der Waals surface area contributed by atoms with Crippen molar-refractivity contribution < 1.29 is 18.0 Å². The first kappa shape index (κ1) is 13.9. The van der Waals surface area contributed by atoms with Gasteiger partial charge in [-0.25, -0.2) is 5.84 Å². The Balaban J connectivity index is 2.69. The molecular weight excluding hydrogens is 255 g/mol. The second-order valence-electron chi connectivity index (χ2n) is 3.54. The molecule has 0 unspecified atom stereocenters. The number of carbonyl (C=O) groups is 1. The second kappa shape index (κ2) is 5.48. The summed E-state index contributed by atoms with van der Waals surface area (Å²) >= 11 is 1.14. The highest BCUT2D eigenvalue weighted by molar-refractivity contribution is 7.12. The predicted octanol–water partition coefficient (Wildman–Crippen LogP) is 1.35. The summed E-state index contributed by atoms with van der Waals surface area (Å²) in [6, 6.07) is 1.61. The molecule has 1 aromatic heterocycles. The molecule has 0 radical (unpaired) electrons.